The monoisotopic (exact) mass is 248 g/mol. The van der Waals surface area contributed by atoms with Crippen LogP contribution in [-0.4, -0.2) is 4.98 Å². The molecule has 2 aromatic carbocycles. The Bertz CT molecular complexity index is 760. The Morgan fingerprint density at radius 3 is 2.53 bits per heavy atom. The maximum Gasteiger partial charge on any atom is 0.0738 e. The summed E-state index contributed by atoms with van der Waals surface area (Å²) in [4.78, 5) is 4.77. The van der Waals surface area contributed by atoms with Crippen LogP contribution in [0.1, 0.15) is 11.1 Å². The van der Waals surface area contributed by atoms with E-state index in [1.54, 1.807) is 0 Å². The second-order valence-corrected chi connectivity index (χ2v) is 4.91. The number of benzene rings is 2. The second-order valence-electron chi connectivity index (χ2n) is 4.91. The molecular weight excluding hydrogens is 232 g/mol. The summed E-state index contributed by atoms with van der Waals surface area (Å²) in [6, 6.07) is 16.5. The average molecular weight is 248 g/mol. The predicted octanol–water partition coefficient (Wildman–Crippen LogP) is 4.10. The molecule has 94 valence electrons. The maximum atomic E-state index is 5.86. The molecule has 2 N–H and O–H groups in total. The van der Waals surface area contributed by atoms with Gasteiger partial charge in [-0.1, -0.05) is 30.3 Å². The van der Waals surface area contributed by atoms with Gasteiger partial charge in [-0.05, 0) is 43.2 Å². The Labute approximate surface area is 112 Å². The lowest BCUT2D eigenvalue weighted by molar-refractivity contribution is 1.35. The Kier molecular flexibility index (Phi) is 2.71. The highest BCUT2D eigenvalue weighted by Crippen LogP contribution is 2.25. The fourth-order valence-corrected chi connectivity index (χ4v) is 2.29. The van der Waals surface area contributed by atoms with Gasteiger partial charge in [0, 0.05) is 16.6 Å². The molecule has 0 bridgehead atoms. The van der Waals surface area contributed by atoms with Crippen molar-refractivity contribution in [3.8, 4) is 11.3 Å². The summed E-state index contributed by atoms with van der Waals surface area (Å²) in [6.45, 7) is 4.11. The first-order chi connectivity index (χ1) is 9.15. The number of pyridine rings is 1. The molecule has 3 aromatic rings. The highest BCUT2D eigenvalue weighted by molar-refractivity contribution is 5.84. The number of hydrogen-bond donors (Lipinski definition) is 1. The summed E-state index contributed by atoms with van der Waals surface area (Å²) in [5.41, 5.74) is 12.1. The van der Waals surface area contributed by atoms with Crippen molar-refractivity contribution in [1.29, 1.82) is 0 Å². The van der Waals surface area contributed by atoms with Crippen LogP contribution in [0.5, 0.6) is 0 Å². The third-order valence-corrected chi connectivity index (χ3v) is 3.49. The van der Waals surface area contributed by atoms with Crippen LogP contribution in [0, 0.1) is 13.8 Å². The number of nitrogens with zero attached hydrogens (tertiary/aromatic N) is 1. The predicted molar refractivity (Wildman–Crippen MR) is 81.1 cm³/mol. The van der Waals surface area contributed by atoms with Crippen LogP contribution < -0.4 is 5.73 Å². The van der Waals surface area contributed by atoms with Crippen molar-refractivity contribution in [1.82, 2.24) is 4.98 Å². The topological polar surface area (TPSA) is 38.9 Å². The quantitative estimate of drug-likeness (QED) is 0.658. The highest BCUT2D eigenvalue weighted by Gasteiger charge is 2.04. The highest BCUT2D eigenvalue weighted by atomic mass is 14.7. The molecule has 0 unspecified atom stereocenters. The molecule has 0 saturated carbocycles. The van der Waals surface area contributed by atoms with Gasteiger partial charge >= 0.3 is 0 Å². The molecule has 2 nitrogen and oxygen atoms in total. The SMILES string of the molecule is Cc1cc(-c2ccc3cccc(C)c3n2)ccc1N. The zero-order valence-electron chi connectivity index (χ0n) is 11.1. The molecule has 3 rings (SSSR count). The number of nitrogens with two attached hydrogens (primary N) is 1. The fraction of sp³-hybridized carbons (Fsp3) is 0.118. The van der Waals surface area contributed by atoms with E-state index in [4.69, 9.17) is 10.7 Å². The van der Waals surface area contributed by atoms with Crippen LogP contribution in [0.2, 0.25) is 0 Å². The normalized spacial score (nSPS) is 10.8. The number of fused-ring (bicyclic) bond motifs is 1. The van der Waals surface area contributed by atoms with E-state index < -0.39 is 0 Å². The van der Waals surface area contributed by atoms with Crippen molar-refractivity contribution in [2.45, 2.75) is 13.8 Å². The molecule has 2 heteroatoms. The van der Waals surface area contributed by atoms with Gasteiger partial charge in [-0.3, -0.25) is 0 Å². The van der Waals surface area contributed by atoms with Crippen molar-refractivity contribution >= 4 is 16.6 Å². The van der Waals surface area contributed by atoms with Crippen molar-refractivity contribution in [2.24, 2.45) is 0 Å². The first-order valence-electron chi connectivity index (χ1n) is 6.38. The molecule has 0 radical (unpaired) electrons. The van der Waals surface area contributed by atoms with Crippen LogP contribution in [0.25, 0.3) is 22.2 Å². The standard InChI is InChI=1S/C17H16N2/c1-11-4-3-5-13-7-9-16(19-17(11)13)14-6-8-15(18)12(2)10-14/h3-10H,18H2,1-2H3. The minimum absolute atomic E-state index is 0.820. The zero-order valence-corrected chi connectivity index (χ0v) is 11.1. The Morgan fingerprint density at radius 1 is 0.895 bits per heavy atom. The summed E-state index contributed by atoms with van der Waals surface area (Å²) < 4.78 is 0. The van der Waals surface area contributed by atoms with Crippen LogP contribution in [-0.2, 0) is 0 Å². The summed E-state index contributed by atoms with van der Waals surface area (Å²) in [5, 5.41) is 1.18. The van der Waals surface area contributed by atoms with Crippen LogP contribution in [0.15, 0.2) is 48.5 Å². The molecule has 1 aromatic heterocycles. The second kappa shape index (κ2) is 4.39. The molecule has 0 amide bonds. The van der Waals surface area contributed by atoms with Gasteiger partial charge in [-0.2, -0.15) is 0 Å². The lowest BCUT2D eigenvalue weighted by atomic mass is 10.0. The first kappa shape index (κ1) is 11.7. The molecule has 0 spiro atoms. The Balaban J connectivity index is 2.20. The minimum Gasteiger partial charge on any atom is -0.399 e. The fourth-order valence-electron chi connectivity index (χ4n) is 2.29. The first-order valence-corrected chi connectivity index (χ1v) is 6.38. The van der Waals surface area contributed by atoms with E-state index in [2.05, 4.69) is 43.3 Å². The third-order valence-electron chi connectivity index (χ3n) is 3.49. The number of nitrogen functional groups attached to an aromatic ring is 1. The van der Waals surface area contributed by atoms with Crippen molar-refractivity contribution < 1.29 is 0 Å². The van der Waals surface area contributed by atoms with Gasteiger partial charge in [0.2, 0.25) is 0 Å². The number of hydrogen-bond acceptors (Lipinski definition) is 2. The largest absolute Gasteiger partial charge is 0.399 e. The molecule has 0 fully saturated rings. The molecule has 0 saturated heterocycles. The summed E-state index contributed by atoms with van der Waals surface area (Å²) in [5.74, 6) is 0. The van der Waals surface area contributed by atoms with E-state index in [1.807, 2.05) is 19.1 Å². The lowest BCUT2D eigenvalue weighted by Crippen LogP contribution is -1.91. The van der Waals surface area contributed by atoms with E-state index in [1.165, 1.54) is 10.9 Å². The van der Waals surface area contributed by atoms with Crippen molar-refractivity contribution in [3.63, 3.8) is 0 Å². The number of aryl methyl sites for hydroxylation is 2. The van der Waals surface area contributed by atoms with E-state index in [9.17, 15) is 0 Å². The average Bonchev–Trinajstić information content (AvgIpc) is 2.42. The van der Waals surface area contributed by atoms with E-state index >= 15 is 0 Å². The van der Waals surface area contributed by atoms with Gasteiger partial charge in [-0.15, -0.1) is 0 Å². The van der Waals surface area contributed by atoms with Gasteiger partial charge in [0.25, 0.3) is 0 Å². The molecule has 19 heavy (non-hydrogen) atoms. The number of anilines is 1. The molecule has 0 aliphatic carbocycles. The smallest absolute Gasteiger partial charge is 0.0738 e. The molecule has 0 aliphatic heterocycles. The van der Waals surface area contributed by atoms with Gasteiger partial charge in [0.1, 0.15) is 0 Å². The number of aromatic nitrogens is 1. The van der Waals surface area contributed by atoms with Crippen LogP contribution >= 0.6 is 0 Å². The molecule has 0 aliphatic rings. The van der Waals surface area contributed by atoms with Crippen molar-refractivity contribution in [2.75, 3.05) is 5.73 Å². The van der Waals surface area contributed by atoms with Crippen LogP contribution in [0.3, 0.4) is 0 Å². The van der Waals surface area contributed by atoms with Crippen LogP contribution in [0.4, 0.5) is 5.69 Å². The third kappa shape index (κ3) is 2.06. The molecule has 1 heterocycles. The van der Waals surface area contributed by atoms with E-state index in [0.717, 1.165) is 28.0 Å². The molecular formula is C17H16N2. The van der Waals surface area contributed by atoms with Crippen molar-refractivity contribution in [3.05, 3.63) is 59.7 Å². The Morgan fingerprint density at radius 2 is 1.74 bits per heavy atom. The lowest BCUT2D eigenvalue weighted by Gasteiger charge is -2.07. The number of rotatable bonds is 1. The maximum absolute atomic E-state index is 5.86. The minimum atomic E-state index is 0.820. The van der Waals surface area contributed by atoms with Gasteiger partial charge < -0.3 is 5.73 Å². The Hall–Kier alpha value is -2.35. The summed E-state index contributed by atoms with van der Waals surface area (Å²) >= 11 is 0. The van der Waals surface area contributed by atoms with E-state index in [-0.39, 0.29) is 0 Å². The van der Waals surface area contributed by atoms with Gasteiger partial charge in [-0.25, -0.2) is 4.98 Å². The zero-order chi connectivity index (χ0) is 13.4. The van der Waals surface area contributed by atoms with Gasteiger partial charge in [0.15, 0.2) is 0 Å². The van der Waals surface area contributed by atoms with Gasteiger partial charge in [0.05, 0.1) is 11.2 Å². The summed E-state index contributed by atoms with van der Waals surface area (Å²) in [7, 11) is 0. The van der Waals surface area contributed by atoms with E-state index in [0.29, 0.717) is 0 Å². The number of para-hydroxylation sites is 1. The molecule has 0 atom stereocenters. The summed E-state index contributed by atoms with van der Waals surface area (Å²) in [6.07, 6.45) is 0.